The summed E-state index contributed by atoms with van der Waals surface area (Å²) in [6, 6.07) is 0. The van der Waals surface area contributed by atoms with Crippen LogP contribution in [0.5, 0.6) is 0 Å². The lowest BCUT2D eigenvalue weighted by molar-refractivity contribution is -0.149. The maximum atomic E-state index is 10.7. The van der Waals surface area contributed by atoms with Gasteiger partial charge in [-0.1, -0.05) is 33.1 Å². The van der Waals surface area contributed by atoms with Crippen LogP contribution < -0.4 is 0 Å². The van der Waals surface area contributed by atoms with Gasteiger partial charge in [0.1, 0.15) is 0 Å². The van der Waals surface area contributed by atoms with E-state index >= 15 is 0 Å². The Balaban J connectivity index is 0.000000561. The molecule has 72 valence electrons. The normalized spacial score (nSPS) is 20.6. The van der Waals surface area contributed by atoms with Crippen molar-refractivity contribution in [3.63, 3.8) is 0 Å². The molecule has 12 heavy (non-hydrogen) atoms. The van der Waals surface area contributed by atoms with Crippen molar-refractivity contribution in [1.82, 2.24) is 0 Å². The van der Waals surface area contributed by atoms with Gasteiger partial charge < -0.3 is 5.11 Å². The fraction of sp³-hybridized carbons (Fsp3) is 0.900. The van der Waals surface area contributed by atoms with Crippen molar-refractivity contribution < 1.29 is 9.90 Å². The standard InChI is InChI=1S/C8H14O2.C2H6/c1-8(7(9)10)5-3-2-4-6-8;1-2/h2-6H2,1H3,(H,9,10);1-2H3. The Kier molecular flexibility index (Phi) is 4.95. The molecule has 0 unspecified atom stereocenters. The predicted octanol–water partition coefficient (Wildman–Crippen LogP) is 3.07. The minimum absolute atomic E-state index is 0.405. The van der Waals surface area contributed by atoms with E-state index in [2.05, 4.69) is 0 Å². The van der Waals surface area contributed by atoms with Gasteiger partial charge >= 0.3 is 5.97 Å². The van der Waals surface area contributed by atoms with Crippen LogP contribution >= 0.6 is 0 Å². The van der Waals surface area contributed by atoms with E-state index in [4.69, 9.17) is 5.11 Å². The van der Waals surface area contributed by atoms with Crippen LogP contribution in [0.25, 0.3) is 0 Å². The number of hydrogen-bond donors (Lipinski definition) is 1. The molecule has 1 rings (SSSR count). The van der Waals surface area contributed by atoms with Gasteiger partial charge in [0.05, 0.1) is 5.41 Å². The Hall–Kier alpha value is -0.530. The molecule has 0 spiro atoms. The van der Waals surface area contributed by atoms with Crippen LogP contribution in [0, 0.1) is 5.41 Å². The van der Waals surface area contributed by atoms with Crippen molar-refractivity contribution in [2.75, 3.05) is 0 Å². The Labute approximate surface area is 75.0 Å². The molecule has 0 aromatic carbocycles. The average Bonchev–Trinajstić information content (AvgIpc) is 2.09. The number of carboxylic acids is 1. The van der Waals surface area contributed by atoms with Crippen molar-refractivity contribution in [2.24, 2.45) is 5.41 Å². The maximum Gasteiger partial charge on any atom is 0.309 e. The Morgan fingerprint density at radius 2 is 1.58 bits per heavy atom. The second-order valence-electron chi connectivity index (χ2n) is 3.43. The van der Waals surface area contributed by atoms with E-state index < -0.39 is 11.4 Å². The lowest BCUT2D eigenvalue weighted by atomic mass is 9.76. The summed E-state index contributed by atoms with van der Waals surface area (Å²) in [5.74, 6) is -0.618. The predicted molar refractivity (Wildman–Crippen MR) is 50.2 cm³/mol. The first-order valence-electron chi connectivity index (χ1n) is 4.88. The number of hydrogen-bond acceptors (Lipinski definition) is 1. The third-order valence-corrected chi connectivity index (χ3v) is 2.47. The van der Waals surface area contributed by atoms with Gasteiger partial charge in [-0.15, -0.1) is 0 Å². The molecule has 1 aliphatic carbocycles. The molecule has 0 radical (unpaired) electrons. The highest BCUT2D eigenvalue weighted by Gasteiger charge is 2.33. The smallest absolute Gasteiger partial charge is 0.309 e. The Morgan fingerprint density at radius 3 is 1.83 bits per heavy atom. The zero-order valence-electron chi connectivity index (χ0n) is 8.39. The van der Waals surface area contributed by atoms with Crippen molar-refractivity contribution in [1.29, 1.82) is 0 Å². The summed E-state index contributed by atoms with van der Waals surface area (Å²) in [6.45, 7) is 5.86. The first kappa shape index (κ1) is 11.5. The monoisotopic (exact) mass is 172 g/mol. The zero-order chi connectivity index (χ0) is 9.61. The highest BCUT2D eigenvalue weighted by molar-refractivity contribution is 5.74. The molecule has 0 heterocycles. The molecule has 0 saturated heterocycles. The van der Waals surface area contributed by atoms with E-state index in [9.17, 15) is 4.79 Å². The largest absolute Gasteiger partial charge is 0.481 e. The van der Waals surface area contributed by atoms with Crippen LogP contribution in [0.4, 0.5) is 0 Å². The van der Waals surface area contributed by atoms with E-state index in [1.807, 2.05) is 20.8 Å². The van der Waals surface area contributed by atoms with E-state index in [0.29, 0.717) is 0 Å². The molecule has 0 aliphatic heterocycles. The average molecular weight is 172 g/mol. The van der Waals surface area contributed by atoms with E-state index in [1.54, 1.807) is 0 Å². The van der Waals surface area contributed by atoms with E-state index in [0.717, 1.165) is 25.7 Å². The number of carbonyl (C=O) groups is 1. The van der Waals surface area contributed by atoms with Gasteiger partial charge in [0.25, 0.3) is 0 Å². The molecule has 2 heteroatoms. The van der Waals surface area contributed by atoms with Crippen LogP contribution in [-0.2, 0) is 4.79 Å². The summed E-state index contributed by atoms with van der Waals surface area (Å²) >= 11 is 0. The number of carboxylic acid groups (broad SMARTS) is 1. The summed E-state index contributed by atoms with van der Waals surface area (Å²) in [6.07, 6.45) is 5.11. The summed E-state index contributed by atoms with van der Waals surface area (Å²) in [7, 11) is 0. The third kappa shape index (κ3) is 2.84. The van der Waals surface area contributed by atoms with Crippen LogP contribution in [0.2, 0.25) is 0 Å². The molecule has 0 bridgehead atoms. The van der Waals surface area contributed by atoms with Crippen molar-refractivity contribution in [2.45, 2.75) is 52.9 Å². The molecular weight excluding hydrogens is 152 g/mol. The first-order valence-corrected chi connectivity index (χ1v) is 4.88. The lowest BCUT2D eigenvalue weighted by Gasteiger charge is -2.28. The molecule has 1 fully saturated rings. The van der Waals surface area contributed by atoms with Gasteiger partial charge in [-0.3, -0.25) is 4.79 Å². The molecule has 0 aromatic heterocycles. The number of aliphatic carboxylic acids is 1. The lowest BCUT2D eigenvalue weighted by Crippen LogP contribution is -2.29. The Bertz CT molecular complexity index is 135. The molecule has 0 aromatic rings. The second-order valence-corrected chi connectivity index (χ2v) is 3.43. The molecular formula is C10H20O2. The first-order chi connectivity index (χ1) is 5.65. The van der Waals surface area contributed by atoms with Gasteiger partial charge in [-0.2, -0.15) is 0 Å². The van der Waals surface area contributed by atoms with E-state index in [-0.39, 0.29) is 0 Å². The van der Waals surface area contributed by atoms with Gasteiger partial charge in [0.2, 0.25) is 0 Å². The second kappa shape index (κ2) is 5.18. The van der Waals surface area contributed by atoms with Crippen LogP contribution in [0.15, 0.2) is 0 Å². The van der Waals surface area contributed by atoms with Gasteiger partial charge in [0, 0.05) is 0 Å². The topological polar surface area (TPSA) is 37.3 Å². The van der Waals surface area contributed by atoms with Crippen molar-refractivity contribution >= 4 is 5.97 Å². The van der Waals surface area contributed by atoms with Gasteiger partial charge in [-0.25, -0.2) is 0 Å². The fourth-order valence-electron chi connectivity index (χ4n) is 1.55. The molecule has 1 aliphatic rings. The van der Waals surface area contributed by atoms with Gasteiger partial charge in [-0.05, 0) is 19.8 Å². The summed E-state index contributed by atoms with van der Waals surface area (Å²) < 4.78 is 0. The molecule has 1 saturated carbocycles. The van der Waals surface area contributed by atoms with E-state index in [1.165, 1.54) is 6.42 Å². The van der Waals surface area contributed by atoms with Crippen molar-refractivity contribution in [3.05, 3.63) is 0 Å². The molecule has 0 amide bonds. The quantitative estimate of drug-likeness (QED) is 0.660. The minimum Gasteiger partial charge on any atom is -0.481 e. The highest BCUT2D eigenvalue weighted by atomic mass is 16.4. The van der Waals surface area contributed by atoms with Crippen molar-refractivity contribution in [3.8, 4) is 0 Å². The molecule has 1 N–H and O–H groups in total. The summed E-state index contributed by atoms with van der Waals surface area (Å²) in [4.78, 5) is 10.7. The number of rotatable bonds is 1. The van der Waals surface area contributed by atoms with Crippen LogP contribution in [-0.4, -0.2) is 11.1 Å². The molecule has 0 atom stereocenters. The van der Waals surface area contributed by atoms with Crippen LogP contribution in [0.3, 0.4) is 0 Å². The fourth-order valence-corrected chi connectivity index (χ4v) is 1.55. The molecule has 2 nitrogen and oxygen atoms in total. The Morgan fingerprint density at radius 1 is 1.17 bits per heavy atom. The SMILES string of the molecule is CC.CC1(C(=O)O)CCCCC1. The highest BCUT2D eigenvalue weighted by Crippen LogP contribution is 2.35. The van der Waals surface area contributed by atoms with Crippen LogP contribution in [0.1, 0.15) is 52.9 Å². The summed E-state index contributed by atoms with van der Waals surface area (Å²) in [5, 5.41) is 8.80. The minimum atomic E-state index is -0.618. The van der Waals surface area contributed by atoms with Gasteiger partial charge in [0.15, 0.2) is 0 Å². The summed E-state index contributed by atoms with van der Waals surface area (Å²) in [5.41, 5.74) is -0.405. The third-order valence-electron chi connectivity index (χ3n) is 2.47. The zero-order valence-corrected chi connectivity index (χ0v) is 8.39. The maximum absolute atomic E-state index is 10.7.